The van der Waals surface area contributed by atoms with Crippen LogP contribution in [0.1, 0.15) is 50.5 Å². The maximum atomic E-state index is 11.5. The minimum atomic E-state index is -0.786. The molecular formula is C15H23N3O2. The van der Waals surface area contributed by atoms with Crippen molar-refractivity contribution in [3.63, 3.8) is 0 Å². The summed E-state index contributed by atoms with van der Waals surface area (Å²) in [5.74, 6) is 0.722. The number of rotatable bonds is 5. The molecule has 1 heterocycles. The molecule has 1 aliphatic rings. The highest BCUT2D eigenvalue weighted by molar-refractivity contribution is 5.77. The van der Waals surface area contributed by atoms with Crippen LogP contribution in [0.15, 0.2) is 6.07 Å². The fourth-order valence-corrected chi connectivity index (χ4v) is 2.89. The van der Waals surface area contributed by atoms with E-state index in [1.54, 1.807) is 0 Å². The van der Waals surface area contributed by atoms with Gasteiger partial charge in [0.2, 0.25) is 0 Å². The molecule has 110 valence electrons. The predicted octanol–water partition coefficient (Wildman–Crippen LogP) is 2.79. The molecule has 0 saturated heterocycles. The molecule has 1 saturated carbocycles. The number of aliphatic carboxylic acids is 1. The van der Waals surface area contributed by atoms with Gasteiger partial charge in [0.15, 0.2) is 0 Å². The van der Waals surface area contributed by atoms with Crippen molar-refractivity contribution >= 4 is 11.8 Å². The van der Waals surface area contributed by atoms with E-state index in [0.717, 1.165) is 37.8 Å². The fourth-order valence-electron chi connectivity index (χ4n) is 2.89. The third kappa shape index (κ3) is 3.68. The van der Waals surface area contributed by atoms with Crippen molar-refractivity contribution in [2.24, 2.45) is 5.92 Å². The predicted molar refractivity (Wildman–Crippen MR) is 77.8 cm³/mol. The Hall–Kier alpha value is -1.65. The van der Waals surface area contributed by atoms with E-state index in [1.165, 1.54) is 6.42 Å². The van der Waals surface area contributed by atoms with E-state index in [0.29, 0.717) is 11.6 Å². The van der Waals surface area contributed by atoms with Crippen LogP contribution in [-0.2, 0) is 11.2 Å². The normalized spacial score (nSPS) is 17.7. The lowest BCUT2D eigenvalue weighted by Gasteiger charge is -2.28. The first-order valence-electron chi connectivity index (χ1n) is 7.44. The molecule has 1 atom stereocenters. The summed E-state index contributed by atoms with van der Waals surface area (Å²) in [6.45, 7) is 3.86. The van der Waals surface area contributed by atoms with Gasteiger partial charge in [-0.15, -0.1) is 0 Å². The van der Waals surface area contributed by atoms with Crippen molar-refractivity contribution in [3.05, 3.63) is 17.6 Å². The Labute approximate surface area is 119 Å². The summed E-state index contributed by atoms with van der Waals surface area (Å²) < 4.78 is 0. The van der Waals surface area contributed by atoms with Crippen LogP contribution >= 0.6 is 0 Å². The number of aryl methyl sites for hydroxylation is 2. The molecule has 0 bridgehead atoms. The summed E-state index contributed by atoms with van der Waals surface area (Å²) in [7, 11) is 0. The molecule has 5 heteroatoms. The smallest absolute Gasteiger partial charge is 0.326 e. The Morgan fingerprint density at radius 1 is 1.40 bits per heavy atom. The summed E-state index contributed by atoms with van der Waals surface area (Å²) in [6.07, 6.45) is 6.25. The van der Waals surface area contributed by atoms with Gasteiger partial charge in [-0.3, -0.25) is 0 Å². The molecule has 2 N–H and O–H groups in total. The van der Waals surface area contributed by atoms with Gasteiger partial charge in [0, 0.05) is 11.8 Å². The molecule has 1 aromatic heterocycles. The van der Waals surface area contributed by atoms with Gasteiger partial charge in [0.25, 0.3) is 0 Å². The molecule has 5 nitrogen and oxygen atoms in total. The van der Waals surface area contributed by atoms with E-state index in [2.05, 4.69) is 15.3 Å². The van der Waals surface area contributed by atoms with E-state index in [1.807, 2.05) is 19.9 Å². The lowest BCUT2D eigenvalue weighted by Crippen LogP contribution is -2.38. The first-order valence-corrected chi connectivity index (χ1v) is 7.44. The molecule has 1 aromatic rings. The Balaban J connectivity index is 2.15. The second kappa shape index (κ2) is 6.68. The number of aromatic nitrogens is 2. The molecule has 0 aliphatic heterocycles. The lowest BCUT2D eigenvalue weighted by molar-refractivity contribution is -0.139. The molecular weight excluding hydrogens is 254 g/mol. The van der Waals surface area contributed by atoms with Crippen molar-refractivity contribution < 1.29 is 9.90 Å². The summed E-state index contributed by atoms with van der Waals surface area (Å²) in [5, 5.41) is 12.6. The molecule has 1 aliphatic carbocycles. The molecule has 1 unspecified atom stereocenters. The first-order chi connectivity index (χ1) is 9.60. The number of nitrogens with zero attached hydrogens (tertiary/aromatic N) is 2. The maximum absolute atomic E-state index is 11.5. The molecule has 20 heavy (non-hydrogen) atoms. The average Bonchev–Trinajstić information content (AvgIpc) is 2.44. The lowest BCUT2D eigenvalue weighted by atomic mass is 9.84. The largest absolute Gasteiger partial charge is 0.480 e. The second-order valence-corrected chi connectivity index (χ2v) is 5.50. The van der Waals surface area contributed by atoms with Crippen LogP contribution in [0.4, 0.5) is 5.82 Å². The van der Waals surface area contributed by atoms with Crippen molar-refractivity contribution in [1.29, 1.82) is 0 Å². The van der Waals surface area contributed by atoms with E-state index in [9.17, 15) is 9.90 Å². The standard InChI is InChI=1S/C15H23N3O2/c1-3-12-9-13(17-10(2)16-12)18-14(15(19)20)11-7-5-4-6-8-11/h9,11,14H,3-8H2,1-2H3,(H,19,20)(H,16,17,18). The number of hydrogen-bond acceptors (Lipinski definition) is 4. The molecule has 0 amide bonds. The van der Waals surface area contributed by atoms with Crippen LogP contribution in [-0.4, -0.2) is 27.1 Å². The average molecular weight is 277 g/mol. The number of carboxylic acid groups (broad SMARTS) is 1. The Bertz CT molecular complexity index is 470. The number of carbonyl (C=O) groups is 1. The summed E-state index contributed by atoms with van der Waals surface area (Å²) >= 11 is 0. The second-order valence-electron chi connectivity index (χ2n) is 5.50. The SMILES string of the molecule is CCc1cc(NC(C(=O)O)C2CCCCC2)nc(C)n1. The van der Waals surface area contributed by atoms with E-state index in [-0.39, 0.29) is 5.92 Å². The van der Waals surface area contributed by atoms with Crippen LogP contribution < -0.4 is 5.32 Å². The van der Waals surface area contributed by atoms with Crippen LogP contribution in [0, 0.1) is 12.8 Å². The van der Waals surface area contributed by atoms with Gasteiger partial charge in [-0.1, -0.05) is 26.2 Å². The Morgan fingerprint density at radius 2 is 2.10 bits per heavy atom. The van der Waals surface area contributed by atoms with Gasteiger partial charge in [-0.2, -0.15) is 0 Å². The number of anilines is 1. The van der Waals surface area contributed by atoms with Crippen LogP contribution in [0.2, 0.25) is 0 Å². The van der Waals surface area contributed by atoms with Gasteiger partial charge in [-0.25, -0.2) is 14.8 Å². The first kappa shape index (κ1) is 14.8. The maximum Gasteiger partial charge on any atom is 0.326 e. The van der Waals surface area contributed by atoms with Crippen LogP contribution in [0.25, 0.3) is 0 Å². The van der Waals surface area contributed by atoms with E-state index in [4.69, 9.17) is 0 Å². The van der Waals surface area contributed by atoms with Crippen LogP contribution in [0.3, 0.4) is 0 Å². The third-order valence-electron chi connectivity index (χ3n) is 3.94. The topological polar surface area (TPSA) is 75.1 Å². The number of carboxylic acids is 1. The summed E-state index contributed by atoms with van der Waals surface area (Å²) in [5.41, 5.74) is 0.938. The Morgan fingerprint density at radius 3 is 2.70 bits per heavy atom. The highest BCUT2D eigenvalue weighted by Gasteiger charge is 2.29. The van der Waals surface area contributed by atoms with Gasteiger partial charge in [0.05, 0.1) is 0 Å². The van der Waals surface area contributed by atoms with Gasteiger partial charge >= 0.3 is 5.97 Å². The molecule has 0 radical (unpaired) electrons. The number of hydrogen-bond donors (Lipinski definition) is 2. The summed E-state index contributed by atoms with van der Waals surface area (Å²) in [6, 6.07) is 1.31. The van der Waals surface area contributed by atoms with Crippen molar-refractivity contribution in [2.45, 2.75) is 58.4 Å². The highest BCUT2D eigenvalue weighted by Crippen LogP contribution is 2.28. The third-order valence-corrected chi connectivity index (χ3v) is 3.94. The van der Waals surface area contributed by atoms with Gasteiger partial charge in [0.1, 0.15) is 17.7 Å². The molecule has 2 rings (SSSR count). The monoisotopic (exact) mass is 277 g/mol. The Kier molecular flexibility index (Phi) is 4.93. The van der Waals surface area contributed by atoms with E-state index < -0.39 is 12.0 Å². The molecule has 0 spiro atoms. The van der Waals surface area contributed by atoms with Gasteiger partial charge < -0.3 is 10.4 Å². The summed E-state index contributed by atoms with van der Waals surface area (Å²) in [4.78, 5) is 20.2. The molecule has 0 aromatic carbocycles. The fraction of sp³-hybridized carbons (Fsp3) is 0.667. The van der Waals surface area contributed by atoms with Gasteiger partial charge in [-0.05, 0) is 32.1 Å². The zero-order chi connectivity index (χ0) is 14.5. The minimum Gasteiger partial charge on any atom is -0.480 e. The van der Waals surface area contributed by atoms with Crippen molar-refractivity contribution in [1.82, 2.24) is 9.97 Å². The van der Waals surface area contributed by atoms with E-state index >= 15 is 0 Å². The zero-order valence-corrected chi connectivity index (χ0v) is 12.2. The number of nitrogens with one attached hydrogen (secondary N) is 1. The minimum absolute atomic E-state index is 0.196. The molecule has 1 fully saturated rings. The quantitative estimate of drug-likeness (QED) is 0.865. The van der Waals surface area contributed by atoms with Crippen molar-refractivity contribution in [3.8, 4) is 0 Å². The van der Waals surface area contributed by atoms with Crippen LogP contribution in [0.5, 0.6) is 0 Å². The highest BCUT2D eigenvalue weighted by atomic mass is 16.4. The van der Waals surface area contributed by atoms with Crippen molar-refractivity contribution in [2.75, 3.05) is 5.32 Å². The zero-order valence-electron chi connectivity index (χ0n) is 12.2.